The van der Waals surface area contributed by atoms with Crippen LogP contribution in [0.2, 0.25) is 0 Å². The van der Waals surface area contributed by atoms with Gasteiger partial charge in [0.2, 0.25) is 11.8 Å². The number of fused-ring (bicyclic) bond motifs is 1. The molecule has 24 heavy (non-hydrogen) atoms. The minimum absolute atomic E-state index is 0.236. The Labute approximate surface area is 137 Å². The fourth-order valence-electron chi connectivity index (χ4n) is 2.59. The molecule has 0 spiro atoms. The standard InChI is InChI=1S/C16H15N7O/c1-9-4-3-5-11(19-9)8-12-20-14-10(2)13(15-18-6-7-24-15)21-16(17)23(14)22-12/h3-7H,8H2,1-2H3,(H2,17,21). The first-order valence-corrected chi connectivity index (χ1v) is 7.46. The van der Waals surface area contributed by atoms with E-state index in [9.17, 15) is 0 Å². The van der Waals surface area contributed by atoms with Gasteiger partial charge in [-0.15, -0.1) is 5.10 Å². The summed E-state index contributed by atoms with van der Waals surface area (Å²) in [7, 11) is 0. The van der Waals surface area contributed by atoms with Gasteiger partial charge in [0.1, 0.15) is 12.0 Å². The van der Waals surface area contributed by atoms with E-state index < -0.39 is 0 Å². The number of nitrogen functional groups attached to an aromatic ring is 1. The van der Waals surface area contributed by atoms with Crippen molar-refractivity contribution in [3.8, 4) is 11.6 Å². The van der Waals surface area contributed by atoms with Crippen molar-refractivity contribution in [1.82, 2.24) is 29.5 Å². The second-order valence-corrected chi connectivity index (χ2v) is 5.49. The third-order valence-corrected chi connectivity index (χ3v) is 3.71. The lowest BCUT2D eigenvalue weighted by Crippen LogP contribution is -2.05. The highest BCUT2D eigenvalue weighted by atomic mass is 16.3. The molecular weight excluding hydrogens is 306 g/mol. The van der Waals surface area contributed by atoms with Crippen LogP contribution in [0.4, 0.5) is 5.95 Å². The van der Waals surface area contributed by atoms with Crippen molar-refractivity contribution in [1.29, 1.82) is 0 Å². The van der Waals surface area contributed by atoms with Gasteiger partial charge in [-0.2, -0.15) is 4.52 Å². The Balaban J connectivity index is 1.80. The van der Waals surface area contributed by atoms with Crippen LogP contribution >= 0.6 is 0 Å². The largest absolute Gasteiger partial charge is 0.443 e. The molecule has 0 unspecified atom stereocenters. The normalized spacial score (nSPS) is 11.2. The number of nitrogens with two attached hydrogens (primary N) is 1. The maximum atomic E-state index is 6.03. The van der Waals surface area contributed by atoms with Gasteiger partial charge in [-0.05, 0) is 26.0 Å². The molecule has 0 saturated heterocycles. The minimum Gasteiger partial charge on any atom is -0.443 e. The van der Waals surface area contributed by atoms with Crippen molar-refractivity contribution in [2.24, 2.45) is 0 Å². The fourth-order valence-corrected chi connectivity index (χ4v) is 2.59. The summed E-state index contributed by atoms with van der Waals surface area (Å²) in [5.41, 5.74) is 9.90. The Kier molecular flexibility index (Phi) is 3.23. The number of aromatic nitrogens is 6. The van der Waals surface area contributed by atoms with Crippen LogP contribution in [0.3, 0.4) is 0 Å². The highest BCUT2D eigenvalue weighted by Crippen LogP contribution is 2.24. The van der Waals surface area contributed by atoms with Gasteiger partial charge in [-0.1, -0.05) is 6.07 Å². The van der Waals surface area contributed by atoms with Crippen molar-refractivity contribution in [2.45, 2.75) is 20.3 Å². The number of anilines is 1. The minimum atomic E-state index is 0.236. The Morgan fingerprint density at radius 3 is 2.79 bits per heavy atom. The Morgan fingerprint density at radius 2 is 2.04 bits per heavy atom. The van der Waals surface area contributed by atoms with Crippen molar-refractivity contribution < 1.29 is 4.42 Å². The van der Waals surface area contributed by atoms with E-state index in [1.807, 2.05) is 32.0 Å². The zero-order chi connectivity index (χ0) is 16.7. The van der Waals surface area contributed by atoms with E-state index in [1.165, 1.54) is 10.8 Å². The zero-order valence-corrected chi connectivity index (χ0v) is 13.3. The molecule has 0 radical (unpaired) electrons. The van der Waals surface area contributed by atoms with Crippen LogP contribution in [-0.2, 0) is 6.42 Å². The lowest BCUT2D eigenvalue weighted by atomic mass is 10.2. The molecule has 0 fully saturated rings. The SMILES string of the molecule is Cc1cccc(Cc2nc3c(C)c(-c4ncco4)nc(N)n3n2)n1. The number of nitrogens with zero attached hydrogens (tertiary/aromatic N) is 6. The van der Waals surface area contributed by atoms with E-state index in [0.717, 1.165) is 17.0 Å². The first-order chi connectivity index (χ1) is 11.6. The maximum Gasteiger partial charge on any atom is 0.245 e. The van der Waals surface area contributed by atoms with Crippen LogP contribution < -0.4 is 5.73 Å². The monoisotopic (exact) mass is 321 g/mol. The molecule has 8 nitrogen and oxygen atoms in total. The van der Waals surface area contributed by atoms with Gasteiger partial charge >= 0.3 is 0 Å². The highest BCUT2D eigenvalue weighted by Gasteiger charge is 2.18. The van der Waals surface area contributed by atoms with Crippen LogP contribution in [0.25, 0.3) is 17.2 Å². The third kappa shape index (κ3) is 2.37. The van der Waals surface area contributed by atoms with E-state index in [0.29, 0.717) is 29.5 Å². The quantitative estimate of drug-likeness (QED) is 0.614. The number of pyridine rings is 1. The zero-order valence-electron chi connectivity index (χ0n) is 13.3. The fraction of sp³-hybridized carbons (Fsp3) is 0.188. The lowest BCUT2D eigenvalue weighted by molar-refractivity contribution is 0.571. The van der Waals surface area contributed by atoms with E-state index in [4.69, 9.17) is 10.2 Å². The number of aryl methyl sites for hydroxylation is 2. The van der Waals surface area contributed by atoms with Crippen LogP contribution in [0, 0.1) is 13.8 Å². The van der Waals surface area contributed by atoms with E-state index in [-0.39, 0.29) is 5.95 Å². The van der Waals surface area contributed by atoms with Gasteiger partial charge in [0.15, 0.2) is 11.5 Å². The molecule has 4 aromatic heterocycles. The lowest BCUT2D eigenvalue weighted by Gasteiger charge is -2.04. The number of hydrogen-bond acceptors (Lipinski definition) is 7. The number of oxazole rings is 1. The molecule has 8 heteroatoms. The summed E-state index contributed by atoms with van der Waals surface area (Å²) >= 11 is 0. The van der Waals surface area contributed by atoms with Crippen LogP contribution in [0.5, 0.6) is 0 Å². The third-order valence-electron chi connectivity index (χ3n) is 3.71. The van der Waals surface area contributed by atoms with E-state index >= 15 is 0 Å². The molecule has 0 atom stereocenters. The second kappa shape index (κ2) is 5.41. The maximum absolute atomic E-state index is 6.03. The smallest absolute Gasteiger partial charge is 0.245 e. The first-order valence-electron chi connectivity index (χ1n) is 7.46. The van der Waals surface area contributed by atoms with Gasteiger partial charge in [-0.3, -0.25) is 4.98 Å². The second-order valence-electron chi connectivity index (χ2n) is 5.49. The summed E-state index contributed by atoms with van der Waals surface area (Å²) in [6.45, 7) is 3.85. The van der Waals surface area contributed by atoms with Crippen LogP contribution in [-0.4, -0.2) is 29.5 Å². The molecule has 0 saturated carbocycles. The summed E-state index contributed by atoms with van der Waals surface area (Å²) < 4.78 is 6.86. The average Bonchev–Trinajstić information content (AvgIpc) is 3.20. The molecule has 4 heterocycles. The summed E-state index contributed by atoms with van der Waals surface area (Å²) in [5, 5.41) is 4.45. The average molecular weight is 321 g/mol. The van der Waals surface area contributed by atoms with E-state index in [1.54, 1.807) is 6.20 Å². The van der Waals surface area contributed by atoms with Crippen molar-refractivity contribution >= 4 is 11.6 Å². The van der Waals surface area contributed by atoms with Crippen LogP contribution in [0.15, 0.2) is 35.1 Å². The van der Waals surface area contributed by atoms with Crippen molar-refractivity contribution in [3.63, 3.8) is 0 Å². The molecule has 4 rings (SSSR count). The molecule has 0 aliphatic heterocycles. The predicted molar refractivity (Wildman–Crippen MR) is 87.2 cm³/mol. The Bertz CT molecular complexity index is 1020. The molecule has 4 aromatic rings. The molecule has 0 bridgehead atoms. The molecule has 0 aliphatic rings. The highest BCUT2D eigenvalue weighted by molar-refractivity contribution is 5.65. The van der Waals surface area contributed by atoms with Gasteiger partial charge in [0.25, 0.3) is 0 Å². The number of hydrogen-bond donors (Lipinski definition) is 1. The molecule has 0 amide bonds. The van der Waals surface area contributed by atoms with Gasteiger partial charge in [0.05, 0.1) is 12.6 Å². The topological polar surface area (TPSA) is 108 Å². The van der Waals surface area contributed by atoms with Gasteiger partial charge in [-0.25, -0.2) is 15.0 Å². The van der Waals surface area contributed by atoms with Gasteiger partial charge < -0.3 is 10.2 Å². The van der Waals surface area contributed by atoms with Gasteiger partial charge in [0, 0.05) is 17.0 Å². The van der Waals surface area contributed by atoms with E-state index in [2.05, 4.69) is 25.0 Å². The Morgan fingerprint density at radius 1 is 1.17 bits per heavy atom. The van der Waals surface area contributed by atoms with Crippen molar-refractivity contribution in [3.05, 3.63) is 53.4 Å². The van der Waals surface area contributed by atoms with Crippen LogP contribution in [0.1, 0.15) is 22.8 Å². The number of rotatable bonds is 3. The summed E-state index contributed by atoms with van der Waals surface area (Å²) in [5.74, 6) is 1.28. The summed E-state index contributed by atoms with van der Waals surface area (Å²) in [4.78, 5) is 17.5. The summed E-state index contributed by atoms with van der Waals surface area (Å²) in [6, 6.07) is 5.87. The Hall–Kier alpha value is -3.29. The summed E-state index contributed by atoms with van der Waals surface area (Å²) in [6.07, 6.45) is 3.58. The molecule has 0 aliphatic carbocycles. The molecule has 2 N–H and O–H groups in total. The predicted octanol–water partition coefficient (Wildman–Crippen LogP) is 1.96. The molecule has 0 aromatic carbocycles. The van der Waals surface area contributed by atoms with Crippen molar-refractivity contribution in [2.75, 3.05) is 5.73 Å². The molecule has 120 valence electrons. The molecular formula is C16H15N7O. The first kappa shape index (κ1) is 14.3.